The largest absolute Gasteiger partial charge is 0.444 e. The van der Waals surface area contributed by atoms with Gasteiger partial charge in [-0.2, -0.15) is 0 Å². The molecule has 27 heavy (non-hydrogen) atoms. The molecule has 0 saturated carbocycles. The number of ether oxygens (including phenoxy) is 1. The van der Waals surface area contributed by atoms with Gasteiger partial charge in [0.2, 0.25) is 0 Å². The van der Waals surface area contributed by atoms with E-state index in [0.717, 1.165) is 18.4 Å². The molecule has 2 fully saturated rings. The number of aromatic nitrogens is 1. The lowest BCUT2D eigenvalue weighted by Crippen LogP contribution is -2.47. The van der Waals surface area contributed by atoms with Crippen LogP contribution in [-0.4, -0.2) is 58.7 Å². The van der Waals surface area contributed by atoms with Crippen LogP contribution in [0.5, 0.6) is 0 Å². The second-order valence-corrected chi connectivity index (χ2v) is 7.20. The Morgan fingerprint density at radius 3 is 2.52 bits per heavy atom. The van der Waals surface area contributed by atoms with Crippen LogP contribution in [0.1, 0.15) is 35.9 Å². The molecule has 2 aliphatic heterocycles. The molecule has 2 aliphatic rings. The fraction of sp³-hybridized carbons (Fsp3) is 0.450. The highest BCUT2D eigenvalue weighted by Crippen LogP contribution is 2.28. The zero-order chi connectivity index (χ0) is 19.0. The summed E-state index contributed by atoms with van der Waals surface area (Å²) in [4.78, 5) is 28.7. The predicted molar refractivity (Wildman–Crippen MR) is 98.3 cm³/mol. The Kier molecular flexibility index (Phi) is 4.59. The Hall–Kier alpha value is -2.83. The lowest BCUT2D eigenvalue weighted by atomic mass is 10.0. The van der Waals surface area contributed by atoms with Gasteiger partial charge in [-0.1, -0.05) is 35.5 Å². The van der Waals surface area contributed by atoms with Gasteiger partial charge in [0.25, 0.3) is 5.91 Å². The Morgan fingerprint density at radius 1 is 1.19 bits per heavy atom. The van der Waals surface area contributed by atoms with Crippen molar-refractivity contribution in [1.29, 1.82) is 0 Å². The molecule has 2 amide bonds. The molecule has 2 aromatic rings. The summed E-state index contributed by atoms with van der Waals surface area (Å²) < 4.78 is 10.5. The minimum absolute atomic E-state index is 0.0646. The van der Waals surface area contributed by atoms with E-state index in [1.54, 1.807) is 11.8 Å². The molecule has 0 N–H and O–H groups in total. The van der Waals surface area contributed by atoms with Crippen molar-refractivity contribution in [1.82, 2.24) is 15.0 Å². The zero-order valence-electron chi connectivity index (χ0n) is 15.6. The van der Waals surface area contributed by atoms with Crippen molar-refractivity contribution in [3.05, 3.63) is 41.7 Å². The summed E-state index contributed by atoms with van der Waals surface area (Å²) in [5, 5.41) is 4.11. The van der Waals surface area contributed by atoms with Crippen molar-refractivity contribution < 1.29 is 18.8 Å². The molecule has 1 aromatic heterocycles. The van der Waals surface area contributed by atoms with Gasteiger partial charge in [0.1, 0.15) is 23.1 Å². The molecule has 0 spiro atoms. The van der Waals surface area contributed by atoms with Crippen molar-refractivity contribution in [3.63, 3.8) is 0 Å². The van der Waals surface area contributed by atoms with Crippen LogP contribution in [0.3, 0.4) is 0 Å². The number of cyclic esters (lactones) is 1. The molecule has 7 nitrogen and oxygen atoms in total. The second-order valence-electron chi connectivity index (χ2n) is 7.20. The number of amides is 2. The maximum absolute atomic E-state index is 13.1. The van der Waals surface area contributed by atoms with E-state index >= 15 is 0 Å². The first-order valence-corrected chi connectivity index (χ1v) is 9.33. The maximum Gasteiger partial charge on any atom is 0.410 e. The minimum atomic E-state index is -0.242. The van der Waals surface area contributed by atoms with Gasteiger partial charge < -0.3 is 19.1 Å². The van der Waals surface area contributed by atoms with Crippen LogP contribution in [0.2, 0.25) is 0 Å². The van der Waals surface area contributed by atoms with E-state index in [-0.39, 0.29) is 24.1 Å². The van der Waals surface area contributed by atoms with Crippen molar-refractivity contribution in [2.75, 3.05) is 19.6 Å². The summed E-state index contributed by atoms with van der Waals surface area (Å²) >= 11 is 0. The molecule has 0 radical (unpaired) electrons. The summed E-state index contributed by atoms with van der Waals surface area (Å²) in [5.74, 6) is 0.460. The van der Waals surface area contributed by atoms with Crippen molar-refractivity contribution in [2.45, 2.75) is 38.8 Å². The third-order valence-electron chi connectivity index (χ3n) is 5.31. The fourth-order valence-electron chi connectivity index (χ4n) is 3.88. The molecule has 2 saturated heterocycles. The summed E-state index contributed by atoms with van der Waals surface area (Å²) in [6.07, 6.45) is 1.19. The number of carbonyl (C=O) groups excluding carboxylic acids is 2. The molecular formula is C20H23N3O4. The van der Waals surface area contributed by atoms with E-state index in [4.69, 9.17) is 9.26 Å². The number of hydrogen-bond acceptors (Lipinski definition) is 5. The summed E-state index contributed by atoms with van der Waals surface area (Å²) in [6, 6.07) is 9.71. The zero-order valence-corrected chi connectivity index (χ0v) is 15.6. The highest BCUT2D eigenvalue weighted by Gasteiger charge is 2.37. The van der Waals surface area contributed by atoms with Gasteiger partial charge in [-0.3, -0.25) is 4.79 Å². The topological polar surface area (TPSA) is 75.9 Å². The van der Waals surface area contributed by atoms with E-state index in [0.29, 0.717) is 36.7 Å². The third kappa shape index (κ3) is 3.29. The van der Waals surface area contributed by atoms with E-state index in [9.17, 15) is 9.59 Å². The summed E-state index contributed by atoms with van der Waals surface area (Å²) in [5.41, 5.74) is 1.97. The van der Waals surface area contributed by atoms with Gasteiger partial charge in [0.15, 0.2) is 0 Å². The third-order valence-corrected chi connectivity index (χ3v) is 5.31. The summed E-state index contributed by atoms with van der Waals surface area (Å²) in [6.45, 7) is 5.48. The first-order valence-electron chi connectivity index (χ1n) is 9.33. The smallest absolute Gasteiger partial charge is 0.410 e. The molecular weight excluding hydrogens is 346 g/mol. The SMILES string of the molecule is Cc1onc(-c2ccccc2)c1C(=O)N1CCC(N2CC(C)OC2=O)CC1. The van der Waals surface area contributed by atoms with Gasteiger partial charge in [-0.25, -0.2) is 4.79 Å². The van der Waals surface area contributed by atoms with E-state index in [1.807, 2.05) is 42.2 Å². The molecule has 1 atom stereocenters. The van der Waals surface area contributed by atoms with E-state index in [2.05, 4.69) is 5.16 Å². The van der Waals surface area contributed by atoms with Crippen molar-refractivity contribution in [2.24, 2.45) is 0 Å². The van der Waals surface area contributed by atoms with Crippen LogP contribution in [-0.2, 0) is 4.74 Å². The number of rotatable bonds is 3. The monoisotopic (exact) mass is 369 g/mol. The number of aryl methyl sites for hydroxylation is 1. The summed E-state index contributed by atoms with van der Waals surface area (Å²) in [7, 11) is 0. The molecule has 0 bridgehead atoms. The normalized spacial score (nSPS) is 20.8. The maximum atomic E-state index is 13.1. The van der Waals surface area contributed by atoms with Crippen molar-refractivity contribution >= 4 is 12.0 Å². The van der Waals surface area contributed by atoms with Crippen LogP contribution < -0.4 is 0 Å². The first kappa shape index (κ1) is 17.6. The molecule has 0 aliphatic carbocycles. The Bertz CT molecular complexity index is 840. The molecule has 142 valence electrons. The van der Waals surface area contributed by atoms with Gasteiger partial charge in [0.05, 0.1) is 6.54 Å². The fourth-order valence-corrected chi connectivity index (χ4v) is 3.88. The minimum Gasteiger partial charge on any atom is -0.444 e. The molecule has 3 heterocycles. The van der Waals surface area contributed by atoms with Crippen LogP contribution >= 0.6 is 0 Å². The van der Waals surface area contributed by atoms with Gasteiger partial charge in [-0.15, -0.1) is 0 Å². The van der Waals surface area contributed by atoms with Gasteiger partial charge in [0, 0.05) is 24.7 Å². The standard InChI is InChI=1S/C20H23N3O4/c1-13-12-23(20(25)26-13)16-8-10-22(11-9-16)19(24)17-14(2)27-21-18(17)15-6-4-3-5-7-15/h3-7,13,16H,8-12H2,1-2H3. The first-order chi connectivity index (χ1) is 13.0. The number of hydrogen-bond donors (Lipinski definition) is 0. The van der Waals surface area contributed by atoms with Crippen LogP contribution in [0.4, 0.5) is 4.79 Å². The number of carbonyl (C=O) groups is 2. The van der Waals surface area contributed by atoms with Gasteiger partial charge in [-0.05, 0) is 26.7 Å². The predicted octanol–water partition coefficient (Wildman–Crippen LogP) is 3.10. The lowest BCUT2D eigenvalue weighted by Gasteiger charge is -2.35. The average molecular weight is 369 g/mol. The Balaban J connectivity index is 1.48. The Labute approximate surface area is 157 Å². The van der Waals surface area contributed by atoms with Crippen LogP contribution in [0, 0.1) is 6.92 Å². The molecule has 7 heteroatoms. The van der Waals surface area contributed by atoms with E-state index in [1.165, 1.54) is 0 Å². The average Bonchev–Trinajstić information content (AvgIpc) is 3.23. The number of benzene rings is 1. The van der Waals surface area contributed by atoms with Crippen molar-refractivity contribution in [3.8, 4) is 11.3 Å². The highest BCUT2D eigenvalue weighted by atomic mass is 16.6. The number of likely N-dealkylation sites (tertiary alicyclic amines) is 1. The lowest BCUT2D eigenvalue weighted by molar-refractivity contribution is 0.0657. The Morgan fingerprint density at radius 2 is 1.89 bits per heavy atom. The van der Waals surface area contributed by atoms with E-state index < -0.39 is 0 Å². The quantitative estimate of drug-likeness (QED) is 0.831. The van der Waals surface area contributed by atoms with Crippen LogP contribution in [0.25, 0.3) is 11.3 Å². The molecule has 1 aromatic carbocycles. The molecule has 1 unspecified atom stereocenters. The number of piperidine rings is 1. The number of nitrogens with zero attached hydrogens (tertiary/aromatic N) is 3. The highest BCUT2D eigenvalue weighted by molar-refractivity contribution is 6.00. The van der Waals surface area contributed by atoms with Gasteiger partial charge >= 0.3 is 6.09 Å². The second kappa shape index (κ2) is 7.06. The van der Waals surface area contributed by atoms with Crippen LogP contribution in [0.15, 0.2) is 34.9 Å². The molecule has 4 rings (SSSR count).